The normalized spacial score (nSPS) is 14.9. The summed E-state index contributed by atoms with van der Waals surface area (Å²) in [6.07, 6.45) is 1.30. The van der Waals surface area contributed by atoms with E-state index in [1.54, 1.807) is 6.26 Å². The van der Waals surface area contributed by atoms with E-state index < -0.39 is 60.2 Å². The first-order chi connectivity index (χ1) is 13.0. The minimum Gasteiger partial charge on any atom is -0.481 e. The maximum Gasteiger partial charge on any atom is 0.326 e. The number of hydrogen-bond donors (Lipinski definition) is 6. The Balaban J connectivity index is 5.04. The van der Waals surface area contributed by atoms with Gasteiger partial charge in [-0.05, 0) is 38.7 Å². The number of carbonyl (C=O) groups is 5. The van der Waals surface area contributed by atoms with Crippen LogP contribution in [0.15, 0.2) is 0 Å². The number of carboxylic acid groups (broad SMARTS) is 2. The standard InChI is InChI=1S/C16H28N4O7S/c1-8(17)13(23)18-9(2)14(24)19-10(6-7-28-3)15(25)20-11(16(26)27)4-5-12(21)22/h8-11H,4-7,17H2,1-3H3,(H,18,23)(H,19,24)(H,20,25)(H,21,22)(H,26,27). The van der Waals surface area contributed by atoms with E-state index in [2.05, 4.69) is 16.0 Å². The number of amides is 3. The van der Waals surface area contributed by atoms with E-state index in [4.69, 9.17) is 15.9 Å². The molecule has 160 valence electrons. The average molecular weight is 420 g/mol. The molecule has 0 fully saturated rings. The van der Waals surface area contributed by atoms with Gasteiger partial charge in [-0.1, -0.05) is 0 Å². The van der Waals surface area contributed by atoms with Gasteiger partial charge in [-0.15, -0.1) is 0 Å². The minimum absolute atomic E-state index is 0.220. The molecule has 28 heavy (non-hydrogen) atoms. The molecule has 0 radical (unpaired) electrons. The van der Waals surface area contributed by atoms with Gasteiger partial charge in [0, 0.05) is 6.42 Å². The summed E-state index contributed by atoms with van der Waals surface area (Å²) in [6, 6.07) is -4.20. The molecule has 0 spiro atoms. The fourth-order valence-electron chi connectivity index (χ4n) is 2.01. The summed E-state index contributed by atoms with van der Waals surface area (Å²) >= 11 is 1.43. The zero-order chi connectivity index (χ0) is 21.9. The van der Waals surface area contributed by atoms with Gasteiger partial charge >= 0.3 is 11.9 Å². The van der Waals surface area contributed by atoms with E-state index >= 15 is 0 Å². The molecule has 3 amide bonds. The lowest BCUT2D eigenvalue weighted by Crippen LogP contribution is -2.56. The van der Waals surface area contributed by atoms with Gasteiger partial charge in [-0.3, -0.25) is 19.2 Å². The second-order valence-electron chi connectivity index (χ2n) is 6.19. The van der Waals surface area contributed by atoms with Crippen molar-refractivity contribution in [3.8, 4) is 0 Å². The molecular formula is C16H28N4O7S. The van der Waals surface area contributed by atoms with Gasteiger partial charge in [0.1, 0.15) is 18.1 Å². The molecule has 0 rings (SSSR count). The van der Waals surface area contributed by atoms with E-state index in [1.165, 1.54) is 25.6 Å². The van der Waals surface area contributed by atoms with Crippen molar-refractivity contribution >= 4 is 41.4 Å². The molecule has 4 atom stereocenters. The molecule has 0 aromatic rings. The van der Waals surface area contributed by atoms with Crippen LogP contribution >= 0.6 is 11.8 Å². The first-order valence-electron chi connectivity index (χ1n) is 8.59. The number of thioether (sulfide) groups is 1. The van der Waals surface area contributed by atoms with Gasteiger partial charge < -0.3 is 31.9 Å². The van der Waals surface area contributed by atoms with E-state index in [0.29, 0.717) is 5.75 Å². The van der Waals surface area contributed by atoms with Crippen molar-refractivity contribution in [2.45, 2.75) is 57.3 Å². The largest absolute Gasteiger partial charge is 0.481 e. The van der Waals surface area contributed by atoms with Crippen molar-refractivity contribution in [3.63, 3.8) is 0 Å². The number of nitrogens with one attached hydrogen (secondary N) is 3. The van der Waals surface area contributed by atoms with Crippen LogP contribution in [0.5, 0.6) is 0 Å². The molecule has 11 nitrogen and oxygen atoms in total. The topological polar surface area (TPSA) is 188 Å². The number of nitrogens with two attached hydrogens (primary N) is 1. The van der Waals surface area contributed by atoms with Crippen LogP contribution in [0.2, 0.25) is 0 Å². The molecule has 0 aliphatic heterocycles. The molecule has 12 heteroatoms. The van der Waals surface area contributed by atoms with Crippen LogP contribution in [0.25, 0.3) is 0 Å². The van der Waals surface area contributed by atoms with Crippen LogP contribution < -0.4 is 21.7 Å². The highest BCUT2D eigenvalue weighted by Gasteiger charge is 2.28. The monoisotopic (exact) mass is 420 g/mol. The second-order valence-corrected chi connectivity index (χ2v) is 7.18. The maximum absolute atomic E-state index is 12.4. The van der Waals surface area contributed by atoms with E-state index in [-0.39, 0.29) is 12.8 Å². The van der Waals surface area contributed by atoms with Gasteiger partial charge in [0.2, 0.25) is 17.7 Å². The molecule has 0 bridgehead atoms. The predicted molar refractivity (Wildman–Crippen MR) is 103 cm³/mol. The van der Waals surface area contributed by atoms with Gasteiger partial charge in [0.05, 0.1) is 6.04 Å². The van der Waals surface area contributed by atoms with Gasteiger partial charge in [0.15, 0.2) is 0 Å². The Morgan fingerprint density at radius 1 is 0.893 bits per heavy atom. The molecule has 0 saturated heterocycles. The van der Waals surface area contributed by atoms with Crippen LogP contribution in [0, 0.1) is 0 Å². The molecule has 0 heterocycles. The fraction of sp³-hybridized carbons (Fsp3) is 0.688. The van der Waals surface area contributed by atoms with Crippen molar-refractivity contribution in [2.75, 3.05) is 12.0 Å². The van der Waals surface area contributed by atoms with E-state index in [9.17, 15) is 24.0 Å². The minimum atomic E-state index is -1.40. The van der Waals surface area contributed by atoms with Gasteiger partial charge in [0.25, 0.3) is 0 Å². The van der Waals surface area contributed by atoms with Crippen molar-refractivity contribution in [3.05, 3.63) is 0 Å². The summed E-state index contributed by atoms with van der Waals surface area (Å²) in [7, 11) is 0. The molecule has 0 aliphatic rings. The molecule has 0 aromatic heterocycles. The number of aliphatic carboxylic acids is 2. The third-order valence-corrected chi connectivity index (χ3v) is 4.31. The number of hydrogen-bond acceptors (Lipinski definition) is 7. The lowest BCUT2D eigenvalue weighted by atomic mass is 10.1. The average Bonchev–Trinajstić information content (AvgIpc) is 2.60. The smallest absolute Gasteiger partial charge is 0.326 e. The first-order valence-corrected chi connectivity index (χ1v) is 9.99. The number of carbonyl (C=O) groups excluding carboxylic acids is 3. The number of rotatable bonds is 13. The van der Waals surface area contributed by atoms with Crippen molar-refractivity contribution < 1.29 is 34.2 Å². The summed E-state index contributed by atoms with van der Waals surface area (Å²) in [6.45, 7) is 2.88. The molecule has 0 aromatic carbocycles. The van der Waals surface area contributed by atoms with E-state index in [0.717, 1.165) is 0 Å². The second kappa shape index (κ2) is 12.9. The van der Waals surface area contributed by atoms with Crippen LogP contribution in [0.3, 0.4) is 0 Å². The molecule has 7 N–H and O–H groups in total. The van der Waals surface area contributed by atoms with Crippen LogP contribution in [-0.2, 0) is 24.0 Å². The predicted octanol–water partition coefficient (Wildman–Crippen LogP) is -1.49. The third kappa shape index (κ3) is 10.1. The molecular weight excluding hydrogens is 392 g/mol. The van der Waals surface area contributed by atoms with Crippen molar-refractivity contribution in [2.24, 2.45) is 5.73 Å². The number of carboxylic acids is 2. The Morgan fingerprint density at radius 2 is 1.46 bits per heavy atom. The third-order valence-electron chi connectivity index (χ3n) is 3.67. The fourth-order valence-corrected chi connectivity index (χ4v) is 2.48. The van der Waals surface area contributed by atoms with Gasteiger partial charge in [-0.25, -0.2) is 4.79 Å². The highest BCUT2D eigenvalue weighted by atomic mass is 32.2. The zero-order valence-corrected chi connectivity index (χ0v) is 16.9. The SMILES string of the molecule is CSCCC(NC(=O)C(C)NC(=O)C(C)N)C(=O)NC(CCC(=O)O)C(=O)O. The quantitative estimate of drug-likeness (QED) is 0.206. The Labute approximate surface area is 167 Å². The highest BCUT2D eigenvalue weighted by Crippen LogP contribution is 2.05. The maximum atomic E-state index is 12.4. The van der Waals surface area contributed by atoms with Crippen LogP contribution in [0.4, 0.5) is 0 Å². The van der Waals surface area contributed by atoms with Crippen LogP contribution in [0.1, 0.15) is 33.1 Å². The highest BCUT2D eigenvalue weighted by molar-refractivity contribution is 7.98. The Bertz CT molecular complexity index is 585. The Kier molecular flexibility index (Phi) is 11.9. The summed E-state index contributed by atoms with van der Waals surface area (Å²) in [4.78, 5) is 58.2. The Morgan fingerprint density at radius 3 is 1.93 bits per heavy atom. The van der Waals surface area contributed by atoms with Crippen LogP contribution in [-0.4, -0.2) is 76.0 Å². The molecule has 4 unspecified atom stereocenters. The molecule has 0 saturated carbocycles. The van der Waals surface area contributed by atoms with E-state index in [1.807, 2.05) is 0 Å². The lowest BCUT2D eigenvalue weighted by Gasteiger charge is -2.23. The first kappa shape index (κ1) is 25.7. The summed E-state index contributed by atoms with van der Waals surface area (Å²) in [5.74, 6) is -3.97. The summed E-state index contributed by atoms with van der Waals surface area (Å²) in [5.41, 5.74) is 5.42. The van der Waals surface area contributed by atoms with Crippen molar-refractivity contribution in [1.29, 1.82) is 0 Å². The van der Waals surface area contributed by atoms with Crippen molar-refractivity contribution in [1.82, 2.24) is 16.0 Å². The summed E-state index contributed by atoms with van der Waals surface area (Å²) in [5, 5.41) is 25.0. The zero-order valence-electron chi connectivity index (χ0n) is 16.1. The lowest BCUT2D eigenvalue weighted by molar-refractivity contribution is -0.143. The molecule has 0 aliphatic carbocycles. The summed E-state index contributed by atoms with van der Waals surface area (Å²) < 4.78 is 0. The Hall–Kier alpha value is -2.34. The van der Waals surface area contributed by atoms with Gasteiger partial charge in [-0.2, -0.15) is 11.8 Å².